The molecule has 3 rings (SSSR count). The van der Waals surface area contributed by atoms with E-state index < -0.39 is 0 Å². The molecular weight excluding hydrogens is 529 g/mol. The molecule has 2 aromatic carbocycles. The molecule has 27 heavy (non-hydrogen) atoms. The number of hydrogen-bond donors (Lipinski definition) is 2. The molecule has 2 N–H and O–H groups in total. The van der Waals surface area contributed by atoms with Crippen LogP contribution in [-0.4, -0.2) is 34.0 Å². The third kappa shape index (κ3) is 5.10. The Morgan fingerprint density at radius 3 is 2.63 bits per heavy atom. The van der Waals surface area contributed by atoms with Crippen LogP contribution in [-0.2, 0) is 6.54 Å². The summed E-state index contributed by atoms with van der Waals surface area (Å²) in [5.74, 6) is 3.42. The summed E-state index contributed by atoms with van der Waals surface area (Å²) in [6, 6.07) is 9.52. The third-order valence-electron chi connectivity index (χ3n) is 3.82. The molecule has 1 heterocycles. The molecule has 1 aliphatic rings. The lowest BCUT2D eigenvalue weighted by atomic mass is 10.2. The van der Waals surface area contributed by atoms with Crippen molar-refractivity contribution in [3.63, 3.8) is 0 Å². The fraction of sp³-hybridized carbons (Fsp3) is 0.278. The Kier molecular flexibility index (Phi) is 7.84. The highest BCUT2D eigenvalue weighted by Gasteiger charge is 2.18. The summed E-state index contributed by atoms with van der Waals surface area (Å²) >= 11 is 3.50. The van der Waals surface area contributed by atoms with Gasteiger partial charge in [-0.05, 0) is 45.8 Å². The van der Waals surface area contributed by atoms with Crippen molar-refractivity contribution in [2.24, 2.45) is 4.99 Å². The van der Waals surface area contributed by atoms with E-state index in [0.29, 0.717) is 24.0 Å². The van der Waals surface area contributed by atoms with E-state index in [9.17, 15) is 0 Å². The summed E-state index contributed by atoms with van der Waals surface area (Å²) in [5, 5.41) is 6.50. The Morgan fingerprint density at radius 2 is 1.93 bits per heavy atom. The Balaban J connectivity index is 0.00000261. The highest BCUT2D eigenvalue weighted by molar-refractivity contribution is 14.0. The molecule has 0 amide bonds. The molecule has 0 bridgehead atoms. The van der Waals surface area contributed by atoms with Crippen LogP contribution in [0, 0.1) is 0 Å². The van der Waals surface area contributed by atoms with Crippen LogP contribution in [0.2, 0.25) is 0 Å². The number of benzene rings is 2. The molecule has 0 atom stereocenters. The van der Waals surface area contributed by atoms with Gasteiger partial charge >= 0.3 is 0 Å². The van der Waals surface area contributed by atoms with E-state index in [2.05, 4.69) is 31.6 Å². The lowest BCUT2D eigenvalue weighted by Crippen LogP contribution is -2.30. The normalized spacial score (nSPS) is 12.2. The van der Waals surface area contributed by atoms with Crippen molar-refractivity contribution in [3.05, 3.63) is 40.4 Å². The fourth-order valence-corrected chi connectivity index (χ4v) is 3.14. The average molecular weight is 550 g/mol. The van der Waals surface area contributed by atoms with Crippen molar-refractivity contribution in [2.45, 2.75) is 6.54 Å². The number of fused-ring (bicyclic) bond motifs is 1. The van der Waals surface area contributed by atoms with Crippen molar-refractivity contribution >= 4 is 51.6 Å². The number of methoxy groups -OCH3 is 2. The molecule has 0 radical (unpaired) electrons. The van der Waals surface area contributed by atoms with Gasteiger partial charge in [0.2, 0.25) is 6.79 Å². The standard InChI is InChI=1S/C18H20BrN3O4.HI/c1-20-18(22-12-4-5-14(23-2)15(8-12)24-3)21-9-11-6-13(19)17-16(7-11)25-10-26-17;/h4-8H,9-10H2,1-3H3,(H2,20,21,22);1H. The van der Waals surface area contributed by atoms with Gasteiger partial charge in [-0.3, -0.25) is 4.99 Å². The SMILES string of the molecule is CN=C(NCc1cc(Br)c2c(c1)OCO2)Nc1ccc(OC)c(OC)c1.I. The summed E-state index contributed by atoms with van der Waals surface area (Å²) in [6.45, 7) is 0.815. The molecule has 0 saturated carbocycles. The summed E-state index contributed by atoms with van der Waals surface area (Å²) in [7, 11) is 4.92. The fourth-order valence-electron chi connectivity index (χ4n) is 2.54. The molecule has 146 valence electrons. The quantitative estimate of drug-likeness (QED) is 0.334. The van der Waals surface area contributed by atoms with Crippen LogP contribution in [0.3, 0.4) is 0 Å². The maximum Gasteiger partial charge on any atom is 0.231 e. The molecule has 0 aromatic heterocycles. The van der Waals surface area contributed by atoms with Crippen molar-refractivity contribution in [1.29, 1.82) is 0 Å². The first kappa shape index (κ1) is 21.4. The van der Waals surface area contributed by atoms with Crippen LogP contribution < -0.4 is 29.6 Å². The Morgan fingerprint density at radius 1 is 1.15 bits per heavy atom. The minimum atomic E-state index is 0. The van der Waals surface area contributed by atoms with Gasteiger partial charge in [-0.15, -0.1) is 24.0 Å². The molecule has 0 saturated heterocycles. The Bertz CT molecular complexity index is 832. The van der Waals surface area contributed by atoms with E-state index in [-0.39, 0.29) is 30.8 Å². The maximum absolute atomic E-state index is 5.44. The van der Waals surface area contributed by atoms with Gasteiger partial charge in [0.05, 0.1) is 18.7 Å². The summed E-state index contributed by atoms with van der Waals surface area (Å²) in [4.78, 5) is 4.25. The topological polar surface area (TPSA) is 73.3 Å². The van der Waals surface area contributed by atoms with Gasteiger partial charge in [-0.25, -0.2) is 0 Å². The van der Waals surface area contributed by atoms with Gasteiger partial charge in [0.1, 0.15) is 0 Å². The number of nitrogens with one attached hydrogen (secondary N) is 2. The Labute approximate surface area is 183 Å². The smallest absolute Gasteiger partial charge is 0.231 e. The van der Waals surface area contributed by atoms with E-state index >= 15 is 0 Å². The summed E-state index contributed by atoms with van der Waals surface area (Å²) < 4.78 is 22.3. The van der Waals surface area contributed by atoms with Crippen molar-refractivity contribution < 1.29 is 18.9 Å². The number of halogens is 2. The van der Waals surface area contributed by atoms with Gasteiger partial charge in [0.25, 0.3) is 0 Å². The van der Waals surface area contributed by atoms with E-state index in [1.165, 1.54) is 0 Å². The van der Waals surface area contributed by atoms with Gasteiger partial charge in [0, 0.05) is 25.3 Å². The molecule has 1 aliphatic heterocycles. The molecular formula is C18H21BrIN3O4. The zero-order valence-corrected chi connectivity index (χ0v) is 19.1. The number of rotatable bonds is 5. The second-order valence-corrected chi connectivity index (χ2v) is 6.29. The molecule has 7 nitrogen and oxygen atoms in total. The number of nitrogens with zero attached hydrogens (tertiary/aromatic N) is 1. The first-order chi connectivity index (χ1) is 12.6. The van der Waals surface area contributed by atoms with Crippen LogP contribution in [0.5, 0.6) is 23.0 Å². The van der Waals surface area contributed by atoms with Crippen LogP contribution in [0.4, 0.5) is 5.69 Å². The van der Waals surface area contributed by atoms with E-state index in [1.807, 2.05) is 30.3 Å². The minimum Gasteiger partial charge on any atom is -0.493 e. The molecule has 0 spiro atoms. The third-order valence-corrected chi connectivity index (χ3v) is 4.41. The van der Waals surface area contributed by atoms with Crippen molar-refractivity contribution in [1.82, 2.24) is 5.32 Å². The maximum atomic E-state index is 5.44. The number of guanidine groups is 1. The van der Waals surface area contributed by atoms with E-state index in [1.54, 1.807) is 21.3 Å². The first-order valence-electron chi connectivity index (χ1n) is 7.92. The van der Waals surface area contributed by atoms with Crippen LogP contribution >= 0.6 is 39.9 Å². The Hall–Kier alpha value is -1.88. The number of aliphatic imine (C=N–C) groups is 1. The summed E-state index contributed by atoms with van der Waals surface area (Å²) in [5.41, 5.74) is 1.87. The number of hydrogen-bond acceptors (Lipinski definition) is 5. The molecule has 0 fully saturated rings. The lowest BCUT2D eigenvalue weighted by molar-refractivity contribution is 0.173. The number of ether oxygens (including phenoxy) is 4. The summed E-state index contributed by atoms with van der Waals surface area (Å²) in [6.07, 6.45) is 0. The zero-order chi connectivity index (χ0) is 18.5. The van der Waals surface area contributed by atoms with Gasteiger partial charge in [-0.2, -0.15) is 0 Å². The molecule has 2 aromatic rings. The predicted molar refractivity (Wildman–Crippen MR) is 119 cm³/mol. The van der Waals surface area contributed by atoms with Gasteiger partial charge < -0.3 is 29.6 Å². The van der Waals surface area contributed by atoms with Crippen LogP contribution in [0.25, 0.3) is 0 Å². The van der Waals surface area contributed by atoms with Crippen LogP contribution in [0.15, 0.2) is 39.8 Å². The van der Waals surface area contributed by atoms with Crippen LogP contribution in [0.1, 0.15) is 5.56 Å². The average Bonchev–Trinajstić information content (AvgIpc) is 3.14. The minimum absolute atomic E-state index is 0. The highest BCUT2D eigenvalue weighted by atomic mass is 127. The highest BCUT2D eigenvalue weighted by Crippen LogP contribution is 2.40. The van der Waals surface area contributed by atoms with Crippen molar-refractivity contribution in [2.75, 3.05) is 33.4 Å². The number of anilines is 1. The molecule has 0 unspecified atom stereocenters. The molecule has 0 aliphatic carbocycles. The largest absolute Gasteiger partial charge is 0.493 e. The van der Waals surface area contributed by atoms with E-state index in [0.717, 1.165) is 27.2 Å². The zero-order valence-electron chi connectivity index (χ0n) is 15.2. The van der Waals surface area contributed by atoms with Gasteiger partial charge in [-0.1, -0.05) is 0 Å². The first-order valence-corrected chi connectivity index (χ1v) is 8.71. The second-order valence-electron chi connectivity index (χ2n) is 5.43. The van der Waals surface area contributed by atoms with Gasteiger partial charge in [0.15, 0.2) is 29.0 Å². The lowest BCUT2D eigenvalue weighted by Gasteiger charge is -2.14. The second kappa shape index (κ2) is 9.88. The predicted octanol–water partition coefficient (Wildman–Crippen LogP) is 4.00. The van der Waals surface area contributed by atoms with Crippen molar-refractivity contribution in [3.8, 4) is 23.0 Å². The monoisotopic (exact) mass is 549 g/mol. The molecule has 9 heteroatoms. The van der Waals surface area contributed by atoms with E-state index in [4.69, 9.17) is 18.9 Å².